The molecule has 0 aromatic heterocycles. The molecular weight excluding hydrogens is 320 g/mol. The van der Waals surface area contributed by atoms with E-state index in [0.29, 0.717) is 11.1 Å². The zero-order valence-electron chi connectivity index (χ0n) is 13.5. The Kier molecular flexibility index (Phi) is 4.87. The Labute approximate surface area is 135 Å². The zero-order chi connectivity index (χ0) is 17.4. The molecule has 0 radical (unpaired) electrons. The summed E-state index contributed by atoms with van der Waals surface area (Å²) in [5.41, 5.74) is 3.33. The molecule has 2 aromatic rings. The Morgan fingerprint density at radius 1 is 0.870 bits per heavy atom. The normalized spacial score (nSPS) is 11.7. The SMILES string of the molecule is Cc1cc(C)c(C)c(S(=O)(=O)NCc2cc(F)cc(F)c2)c1C. The van der Waals surface area contributed by atoms with Crippen LogP contribution in [0.5, 0.6) is 0 Å². The van der Waals surface area contributed by atoms with Crippen LogP contribution < -0.4 is 4.72 Å². The molecule has 0 amide bonds. The van der Waals surface area contributed by atoms with Crippen molar-refractivity contribution in [2.24, 2.45) is 0 Å². The van der Waals surface area contributed by atoms with Gasteiger partial charge in [-0.3, -0.25) is 0 Å². The van der Waals surface area contributed by atoms with Gasteiger partial charge < -0.3 is 0 Å². The van der Waals surface area contributed by atoms with Gasteiger partial charge in [0, 0.05) is 12.6 Å². The third-order valence-corrected chi connectivity index (χ3v) is 5.63. The average molecular weight is 339 g/mol. The first-order chi connectivity index (χ1) is 10.6. The molecule has 2 aromatic carbocycles. The highest BCUT2D eigenvalue weighted by atomic mass is 32.2. The van der Waals surface area contributed by atoms with E-state index in [4.69, 9.17) is 0 Å². The van der Waals surface area contributed by atoms with Crippen LogP contribution in [-0.2, 0) is 16.6 Å². The molecule has 0 atom stereocenters. The molecule has 0 saturated carbocycles. The lowest BCUT2D eigenvalue weighted by molar-refractivity contribution is 0.570. The van der Waals surface area contributed by atoms with E-state index in [1.54, 1.807) is 13.8 Å². The van der Waals surface area contributed by atoms with E-state index in [1.807, 2.05) is 19.9 Å². The summed E-state index contributed by atoms with van der Waals surface area (Å²) in [7, 11) is -3.79. The number of hydrogen-bond donors (Lipinski definition) is 1. The van der Waals surface area contributed by atoms with Gasteiger partial charge in [0.15, 0.2) is 0 Å². The van der Waals surface area contributed by atoms with Crippen molar-refractivity contribution in [3.63, 3.8) is 0 Å². The Bertz CT molecular complexity index is 815. The lowest BCUT2D eigenvalue weighted by Crippen LogP contribution is -2.25. The minimum atomic E-state index is -3.79. The van der Waals surface area contributed by atoms with Crippen LogP contribution in [0, 0.1) is 39.3 Å². The van der Waals surface area contributed by atoms with Gasteiger partial charge in [0.2, 0.25) is 10.0 Å². The summed E-state index contributed by atoms with van der Waals surface area (Å²) in [5, 5.41) is 0. The number of rotatable bonds is 4. The predicted molar refractivity (Wildman–Crippen MR) is 85.8 cm³/mol. The van der Waals surface area contributed by atoms with Gasteiger partial charge in [-0.15, -0.1) is 0 Å². The number of halogens is 2. The van der Waals surface area contributed by atoms with Crippen molar-refractivity contribution < 1.29 is 17.2 Å². The molecule has 0 aliphatic rings. The van der Waals surface area contributed by atoms with Crippen LogP contribution >= 0.6 is 0 Å². The summed E-state index contributed by atoms with van der Waals surface area (Å²) in [6.07, 6.45) is 0. The summed E-state index contributed by atoms with van der Waals surface area (Å²) in [6.45, 7) is 7.02. The van der Waals surface area contributed by atoms with Crippen LogP contribution in [-0.4, -0.2) is 8.42 Å². The van der Waals surface area contributed by atoms with E-state index in [0.717, 1.165) is 29.3 Å². The number of hydrogen-bond acceptors (Lipinski definition) is 2. The number of benzene rings is 2. The fourth-order valence-electron chi connectivity index (χ4n) is 2.55. The standard InChI is InChI=1S/C17H19F2NO2S/c1-10-5-11(2)13(4)17(12(10)3)23(21,22)20-9-14-6-15(18)8-16(19)7-14/h5-8,20H,9H2,1-4H3. The first kappa shape index (κ1) is 17.6. The van der Waals surface area contributed by atoms with Crippen molar-refractivity contribution in [3.05, 3.63) is 63.7 Å². The van der Waals surface area contributed by atoms with Gasteiger partial charge in [-0.25, -0.2) is 21.9 Å². The third kappa shape index (κ3) is 3.76. The monoisotopic (exact) mass is 339 g/mol. The Hall–Kier alpha value is -1.79. The molecule has 0 aliphatic carbocycles. The lowest BCUT2D eigenvalue weighted by atomic mass is 10.0. The summed E-state index contributed by atoms with van der Waals surface area (Å²) in [4.78, 5) is 0.229. The van der Waals surface area contributed by atoms with Crippen molar-refractivity contribution in [2.75, 3.05) is 0 Å². The fraction of sp³-hybridized carbons (Fsp3) is 0.294. The minimum absolute atomic E-state index is 0.178. The Morgan fingerprint density at radius 2 is 1.35 bits per heavy atom. The van der Waals surface area contributed by atoms with Gasteiger partial charge >= 0.3 is 0 Å². The van der Waals surface area contributed by atoms with Crippen LogP contribution in [0.4, 0.5) is 8.78 Å². The lowest BCUT2D eigenvalue weighted by Gasteiger charge is -2.16. The highest BCUT2D eigenvalue weighted by Crippen LogP contribution is 2.26. The van der Waals surface area contributed by atoms with Gasteiger partial charge in [0.25, 0.3) is 0 Å². The van der Waals surface area contributed by atoms with E-state index >= 15 is 0 Å². The molecule has 0 bridgehead atoms. The van der Waals surface area contributed by atoms with E-state index in [1.165, 1.54) is 0 Å². The molecule has 2 rings (SSSR count). The third-order valence-electron chi connectivity index (χ3n) is 3.95. The van der Waals surface area contributed by atoms with E-state index in [2.05, 4.69) is 4.72 Å². The molecular formula is C17H19F2NO2S. The maximum absolute atomic E-state index is 13.2. The van der Waals surface area contributed by atoms with E-state index in [-0.39, 0.29) is 17.0 Å². The first-order valence-corrected chi connectivity index (χ1v) is 8.62. The molecule has 0 heterocycles. The highest BCUT2D eigenvalue weighted by Gasteiger charge is 2.21. The maximum atomic E-state index is 13.2. The van der Waals surface area contributed by atoms with Gasteiger partial charge in [0.1, 0.15) is 11.6 Å². The van der Waals surface area contributed by atoms with Gasteiger partial charge in [-0.05, 0) is 67.6 Å². The topological polar surface area (TPSA) is 46.2 Å². The van der Waals surface area contributed by atoms with Crippen LogP contribution in [0.25, 0.3) is 0 Å². The molecule has 6 heteroatoms. The number of nitrogens with one attached hydrogen (secondary N) is 1. The number of sulfonamides is 1. The van der Waals surface area contributed by atoms with Crippen molar-refractivity contribution in [1.29, 1.82) is 0 Å². The summed E-state index contributed by atoms with van der Waals surface area (Å²) >= 11 is 0. The largest absolute Gasteiger partial charge is 0.241 e. The molecule has 0 unspecified atom stereocenters. The molecule has 0 fully saturated rings. The van der Waals surface area contributed by atoms with Crippen molar-refractivity contribution >= 4 is 10.0 Å². The molecule has 3 nitrogen and oxygen atoms in total. The van der Waals surface area contributed by atoms with E-state index in [9.17, 15) is 17.2 Å². The predicted octanol–water partition coefficient (Wildman–Crippen LogP) is 3.68. The van der Waals surface area contributed by atoms with Crippen LogP contribution in [0.15, 0.2) is 29.2 Å². The average Bonchev–Trinajstić information content (AvgIpc) is 2.42. The smallest absolute Gasteiger partial charge is 0.207 e. The van der Waals surface area contributed by atoms with Crippen molar-refractivity contribution in [1.82, 2.24) is 4.72 Å². The van der Waals surface area contributed by atoms with Gasteiger partial charge in [0.05, 0.1) is 4.90 Å². The maximum Gasteiger partial charge on any atom is 0.241 e. The van der Waals surface area contributed by atoms with Crippen molar-refractivity contribution in [2.45, 2.75) is 39.1 Å². The van der Waals surface area contributed by atoms with Gasteiger partial charge in [-0.2, -0.15) is 0 Å². The molecule has 0 aliphatic heterocycles. The van der Waals surface area contributed by atoms with Crippen LogP contribution in [0.3, 0.4) is 0 Å². The molecule has 0 spiro atoms. The van der Waals surface area contributed by atoms with Crippen LogP contribution in [0.1, 0.15) is 27.8 Å². The van der Waals surface area contributed by atoms with Crippen molar-refractivity contribution in [3.8, 4) is 0 Å². The van der Waals surface area contributed by atoms with E-state index < -0.39 is 21.7 Å². The van der Waals surface area contributed by atoms with Gasteiger partial charge in [-0.1, -0.05) is 6.07 Å². The molecule has 0 saturated heterocycles. The molecule has 124 valence electrons. The summed E-state index contributed by atoms with van der Waals surface area (Å²) < 4.78 is 54.0. The Balaban J connectivity index is 2.37. The zero-order valence-corrected chi connectivity index (χ0v) is 14.3. The molecule has 1 N–H and O–H groups in total. The quantitative estimate of drug-likeness (QED) is 0.924. The number of aryl methyl sites for hydroxylation is 2. The Morgan fingerprint density at radius 3 is 1.83 bits per heavy atom. The van der Waals surface area contributed by atoms with Crippen LogP contribution in [0.2, 0.25) is 0 Å². The second-order valence-corrected chi connectivity index (χ2v) is 7.40. The highest BCUT2D eigenvalue weighted by molar-refractivity contribution is 7.89. The summed E-state index contributed by atoms with van der Waals surface area (Å²) in [6, 6.07) is 4.89. The minimum Gasteiger partial charge on any atom is -0.207 e. The summed E-state index contributed by atoms with van der Waals surface area (Å²) in [5.74, 6) is -1.48. The molecule has 23 heavy (non-hydrogen) atoms. The fourth-order valence-corrected chi connectivity index (χ4v) is 4.18. The second kappa shape index (κ2) is 6.37. The second-order valence-electron chi connectivity index (χ2n) is 5.69. The first-order valence-electron chi connectivity index (χ1n) is 7.14.